The zero-order valence-corrected chi connectivity index (χ0v) is 21.3. The van der Waals surface area contributed by atoms with Gasteiger partial charge in [-0.15, -0.1) is 4.31 Å². The van der Waals surface area contributed by atoms with Gasteiger partial charge >= 0.3 is 6.03 Å². The van der Waals surface area contributed by atoms with Crippen LogP contribution in [-0.2, 0) is 46.9 Å². The highest BCUT2D eigenvalue weighted by molar-refractivity contribution is 7.91. The van der Waals surface area contributed by atoms with Crippen LogP contribution in [-0.4, -0.2) is 68.2 Å². The summed E-state index contributed by atoms with van der Waals surface area (Å²) < 4.78 is 50.3. The number of likely N-dealkylation sites (tertiary alicyclic amines) is 1. The van der Waals surface area contributed by atoms with Crippen LogP contribution in [0.15, 0.2) is 11.1 Å². The Kier molecular flexibility index (Phi) is 5.85. The Balaban J connectivity index is 1.25. The van der Waals surface area contributed by atoms with Crippen molar-refractivity contribution >= 4 is 21.6 Å². The summed E-state index contributed by atoms with van der Waals surface area (Å²) in [5.74, 6) is -0.0611. The summed E-state index contributed by atoms with van der Waals surface area (Å²) in [7, 11) is -2.43. The van der Waals surface area contributed by atoms with Gasteiger partial charge in [0.05, 0.1) is 24.9 Å². The zero-order valence-electron chi connectivity index (χ0n) is 20.5. The van der Waals surface area contributed by atoms with Gasteiger partial charge in [-0.1, -0.05) is 0 Å². The smallest absolute Gasteiger partial charge is 0.348 e. The lowest BCUT2D eigenvalue weighted by Gasteiger charge is -2.44. The molecular formula is C24H28FN7O4S. The van der Waals surface area contributed by atoms with Gasteiger partial charge in [0.15, 0.2) is 14.8 Å². The first-order valence-corrected chi connectivity index (χ1v) is 13.9. The molecule has 2 aliphatic carbocycles. The summed E-state index contributed by atoms with van der Waals surface area (Å²) in [5.41, 5.74) is 3.19. The van der Waals surface area contributed by atoms with Crippen LogP contribution in [0.1, 0.15) is 35.1 Å². The molecule has 1 saturated heterocycles. The number of rotatable bonds is 5. The molecule has 13 heteroatoms. The lowest BCUT2D eigenvalue weighted by atomic mass is 9.98. The summed E-state index contributed by atoms with van der Waals surface area (Å²) >= 11 is 0. The number of nitrogens with one attached hydrogen (secondary N) is 2. The standard InChI is InChI=1S/C24H28FN7O4S/c1-35-15-10-30(11-15)14-9-31-23(36-12-14)20(8-28-31)37(27,34)32(13-26)24(33)29-22-18-6-2-4-16(18)21(25)17-5-3-7-19(17)22/h8,14-15,27H,2-7,9-12H2,1H3,(H,29,33)/t14-,37+/m0/s1. The van der Waals surface area contributed by atoms with E-state index >= 15 is 4.39 Å². The third-order valence-corrected chi connectivity index (χ3v) is 9.55. The Morgan fingerprint density at radius 1 is 1.24 bits per heavy atom. The van der Waals surface area contributed by atoms with E-state index in [1.165, 1.54) is 10.9 Å². The van der Waals surface area contributed by atoms with Gasteiger partial charge in [0.1, 0.15) is 12.4 Å². The molecule has 2 amide bonds. The van der Waals surface area contributed by atoms with Crippen LogP contribution < -0.4 is 10.1 Å². The molecule has 2 atom stereocenters. The van der Waals surface area contributed by atoms with E-state index in [-0.39, 0.29) is 28.7 Å². The second kappa shape index (κ2) is 8.97. The third kappa shape index (κ3) is 3.77. The molecule has 0 spiro atoms. The quantitative estimate of drug-likeness (QED) is 0.448. The van der Waals surface area contributed by atoms with Crippen LogP contribution in [0.5, 0.6) is 5.88 Å². The predicted molar refractivity (Wildman–Crippen MR) is 130 cm³/mol. The fourth-order valence-corrected chi connectivity index (χ4v) is 7.08. The normalized spacial score (nSPS) is 22.1. The highest BCUT2D eigenvalue weighted by Gasteiger charge is 2.39. The second-order valence-electron chi connectivity index (χ2n) is 9.93. The van der Waals surface area contributed by atoms with E-state index in [1.807, 2.05) is 0 Å². The summed E-state index contributed by atoms with van der Waals surface area (Å²) in [6, 6.07) is -0.941. The van der Waals surface area contributed by atoms with Crippen LogP contribution in [0.4, 0.5) is 14.9 Å². The van der Waals surface area contributed by atoms with Gasteiger partial charge in [-0.3, -0.25) is 4.90 Å². The van der Waals surface area contributed by atoms with Gasteiger partial charge in [-0.25, -0.2) is 22.9 Å². The first kappa shape index (κ1) is 24.1. The Morgan fingerprint density at radius 3 is 2.51 bits per heavy atom. The molecule has 2 aliphatic heterocycles. The number of anilines is 1. The number of ether oxygens (including phenoxy) is 2. The van der Waals surface area contributed by atoms with Crippen LogP contribution >= 0.6 is 0 Å². The van der Waals surface area contributed by atoms with E-state index < -0.39 is 15.9 Å². The van der Waals surface area contributed by atoms with Gasteiger partial charge in [0, 0.05) is 25.9 Å². The van der Waals surface area contributed by atoms with Crippen molar-refractivity contribution in [2.45, 2.75) is 62.1 Å². The fourth-order valence-electron chi connectivity index (χ4n) is 5.90. The molecule has 1 fully saturated rings. The number of benzene rings is 1. The van der Waals surface area contributed by atoms with Crippen LogP contribution in [0.25, 0.3) is 0 Å². The molecule has 11 nitrogen and oxygen atoms in total. The first-order chi connectivity index (χ1) is 17.8. The molecule has 1 aromatic heterocycles. The first-order valence-electron chi connectivity index (χ1n) is 12.4. The van der Waals surface area contributed by atoms with Crippen molar-refractivity contribution < 1.29 is 22.9 Å². The lowest BCUT2D eigenvalue weighted by Crippen LogP contribution is -2.59. The predicted octanol–water partition coefficient (Wildman–Crippen LogP) is 2.43. The molecule has 2 N–H and O–H groups in total. The highest BCUT2D eigenvalue weighted by Crippen LogP contribution is 2.41. The summed E-state index contributed by atoms with van der Waals surface area (Å²) in [5, 5.41) is 16.8. The van der Waals surface area contributed by atoms with Gasteiger partial charge in [-0.2, -0.15) is 10.4 Å². The molecular weight excluding hydrogens is 501 g/mol. The lowest BCUT2D eigenvalue weighted by molar-refractivity contribution is -0.0687. The number of carbonyl (C=O) groups excluding carboxylic acids is 1. The number of urea groups is 1. The van der Waals surface area contributed by atoms with Crippen LogP contribution in [0.2, 0.25) is 0 Å². The van der Waals surface area contributed by atoms with E-state index in [1.54, 1.807) is 13.3 Å². The van der Waals surface area contributed by atoms with Crippen molar-refractivity contribution in [2.75, 3.05) is 32.1 Å². The molecule has 2 aromatic rings. The van der Waals surface area contributed by atoms with Crippen molar-refractivity contribution in [3.8, 4) is 12.1 Å². The highest BCUT2D eigenvalue weighted by atomic mass is 32.2. The average molecular weight is 530 g/mol. The van der Waals surface area contributed by atoms with Gasteiger partial charge in [0.2, 0.25) is 12.1 Å². The Bertz CT molecular complexity index is 1390. The van der Waals surface area contributed by atoms with E-state index in [2.05, 4.69) is 15.3 Å². The number of amides is 2. The minimum absolute atomic E-state index is 0.0477. The third-order valence-electron chi connectivity index (χ3n) is 7.91. The van der Waals surface area contributed by atoms with Crippen molar-refractivity contribution in [3.05, 3.63) is 34.3 Å². The number of methoxy groups -OCH3 is 1. The summed E-state index contributed by atoms with van der Waals surface area (Å²) in [6.45, 7) is 2.33. The number of fused-ring (bicyclic) bond motifs is 3. The van der Waals surface area contributed by atoms with E-state index in [0.717, 1.165) is 37.1 Å². The maximum absolute atomic E-state index is 15.0. The molecule has 0 unspecified atom stereocenters. The van der Waals surface area contributed by atoms with Crippen molar-refractivity contribution in [3.63, 3.8) is 0 Å². The van der Waals surface area contributed by atoms with E-state index in [4.69, 9.17) is 14.3 Å². The number of nitrogens with zero attached hydrogens (tertiary/aromatic N) is 5. The van der Waals surface area contributed by atoms with E-state index in [0.29, 0.717) is 60.0 Å². The maximum atomic E-state index is 15.0. The topological polar surface area (TPSA) is 137 Å². The molecule has 1 aromatic carbocycles. The van der Waals surface area contributed by atoms with Crippen LogP contribution in [0, 0.1) is 22.1 Å². The Morgan fingerprint density at radius 2 is 1.89 bits per heavy atom. The number of hydrogen-bond donors (Lipinski definition) is 2. The van der Waals surface area contributed by atoms with Crippen LogP contribution in [0.3, 0.4) is 0 Å². The molecule has 0 bridgehead atoms. The minimum Gasteiger partial charge on any atom is -0.475 e. The average Bonchev–Trinajstić information content (AvgIpc) is 3.61. The summed E-state index contributed by atoms with van der Waals surface area (Å²) in [4.78, 5) is 15.4. The monoisotopic (exact) mass is 529 g/mol. The Labute approximate surface area is 214 Å². The molecule has 0 saturated carbocycles. The molecule has 4 aliphatic rings. The SMILES string of the molecule is COC1CN([C@@H]2COc3c([S@](=N)(=O)N(C#N)C(=O)Nc4c5c(c(F)c6c4CCC6)CCC5)cnn3C2)C1. The molecule has 37 heavy (non-hydrogen) atoms. The molecule has 3 heterocycles. The number of aromatic nitrogens is 2. The fraction of sp³-hybridized carbons (Fsp3) is 0.542. The van der Waals surface area contributed by atoms with Crippen molar-refractivity contribution in [1.29, 1.82) is 10.0 Å². The van der Waals surface area contributed by atoms with Crippen molar-refractivity contribution in [2.24, 2.45) is 0 Å². The largest absolute Gasteiger partial charge is 0.475 e. The van der Waals surface area contributed by atoms with Gasteiger partial charge in [0.25, 0.3) is 0 Å². The number of nitriles is 1. The van der Waals surface area contributed by atoms with Gasteiger partial charge < -0.3 is 14.8 Å². The maximum Gasteiger partial charge on any atom is 0.348 e. The number of carbonyl (C=O) groups is 1. The minimum atomic E-state index is -4.10. The number of hydrogen-bond acceptors (Lipinski definition) is 8. The second-order valence-corrected chi connectivity index (χ2v) is 11.8. The van der Waals surface area contributed by atoms with Gasteiger partial charge in [-0.05, 0) is 60.8 Å². The molecule has 0 radical (unpaired) electrons. The van der Waals surface area contributed by atoms with E-state index in [9.17, 15) is 14.3 Å². The summed E-state index contributed by atoms with van der Waals surface area (Å²) in [6.07, 6.45) is 7.03. The molecule has 196 valence electrons. The Hall–Kier alpha value is -3.21. The zero-order chi connectivity index (χ0) is 25.9. The van der Waals surface area contributed by atoms with Crippen molar-refractivity contribution in [1.82, 2.24) is 19.0 Å². The molecule has 6 rings (SSSR count). The number of halogens is 1.